The number of rotatable bonds is 7. The van der Waals surface area contributed by atoms with Gasteiger partial charge in [-0.25, -0.2) is 14.2 Å². The number of unbranched alkanes of at least 4 members (excludes halogenated alkanes) is 1. The molecule has 0 aliphatic heterocycles. The monoisotopic (exact) mass is 459 g/mol. The molecule has 2 rings (SSSR count). The number of carbonyl (C=O) groups is 1. The number of nitrogens with one attached hydrogen (secondary N) is 3. The number of hydrogen-bond donors (Lipinski definition) is 3. The SMILES string of the molecule is C=CNc1c(C(C)=N)[nH]c(=O)n1-c1cc(N(C)C(=O)OC(C)(C)C)ccc1OC.CCCC. The van der Waals surface area contributed by atoms with Gasteiger partial charge in [0.15, 0.2) is 0 Å². The van der Waals surface area contributed by atoms with Crippen molar-refractivity contribution in [2.75, 3.05) is 24.4 Å². The summed E-state index contributed by atoms with van der Waals surface area (Å²) in [5.41, 5.74) is 0.273. The first kappa shape index (κ1) is 27.5. The number of hydrogen-bond acceptors (Lipinski definition) is 6. The van der Waals surface area contributed by atoms with Crippen molar-refractivity contribution in [3.8, 4) is 11.4 Å². The molecule has 0 fully saturated rings. The molecule has 9 heteroatoms. The molecule has 0 unspecified atom stereocenters. The summed E-state index contributed by atoms with van der Waals surface area (Å²) < 4.78 is 12.2. The van der Waals surface area contributed by atoms with Crippen LogP contribution in [-0.2, 0) is 4.74 Å². The number of anilines is 2. The third-order valence-electron chi connectivity index (χ3n) is 4.47. The van der Waals surface area contributed by atoms with Gasteiger partial charge in [-0.2, -0.15) is 0 Å². The van der Waals surface area contributed by atoms with E-state index in [0.717, 1.165) is 0 Å². The minimum atomic E-state index is -0.643. The van der Waals surface area contributed by atoms with E-state index in [9.17, 15) is 9.59 Å². The Bertz CT molecular complexity index is 1030. The van der Waals surface area contributed by atoms with Crippen molar-refractivity contribution in [2.24, 2.45) is 0 Å². The minimum absolute atomic E-state index is 0.172. The van der Waals surface area contributed by atoms with E-state index in [1.54, 1.807) is 52.9 Å². The third-order valence-corrected chi connectivity index (χ3v) is 4.47. The first-order valence-corrected chi connectivity index (χ1v) is 10.8. The summed E-state index contributed by atoms with van der Waals surface area (Å²) in [6, 6.07) is 4.97. The van der Waals surface area contributed by atoms with Crippen LogP contribution in [0.15, 0.2) is 35.8 Å². The number of amides is 1. The first-order chi connectivity index (χ1) is 15.4. The van der Waals surface area contributed by atoms with Gasteiger partial charge in [0, 0.05) is 12.7 Å². The number of imidazole rings is 1. The smallest absolute Gasteiger partial charge is 0.414 e. The Morgan fingerprint density at radius 1 is 1.30 bits per heavy atom. The molecular weight excluding hydrogens is 422 g/mol. The highest BCUT2D eigenvalue weighted by molar-refractivity contribution is 5.99. The normalized spacial score (nSPS) is 10.5. The fraction of sp³-hybridized carbons (Fsp3) is 0.458. The van der Waals surface area contributed by atoms with Crippen molar-refractivity contribution in [2.45, 2.75) is 60.0 Å². The molecule has 33 heavy (non-hydrogen) atoms. The van der Waals surface area contributed by atoms with Crippen LogP contribution in [-0.4, -0.2) is 41.1 Å². The molecule has 182 valence electrons. The summed E-state index contributed by atoms with van der Waals surface area (Å²) in [5, 5.41) is 10.8. The van der Waals surface area contributed by atoms with Gasteiger partial charge in [0.2, 0.25) is 0 Å². The van der Waals surface area contributed by atoms with Gasteiger partial charge in [0.1, 0.15) is 22.9 Å². The Labute approximate surface area is 195 Å². The van der Waals surface area contributed by atoms with E-state index >= 15 is 0 Å². The molecule has 0 saturated carbocycles. The molecule has 0 atom stereocenters. The second-order valence-electron chi connectivity index (χ2n) is 8.36. The highest BCUT2D eigenvalue weighted by Crippen LogP contribution is 2.31. The zero-order chi connectivity index (χ0) is 25.3. The number of benzene rings is 1. The van der Waals surface area contributed by atoms with Gasteiger partial charge in [-0.3, -0.25) is 4.90 Å². The number of aromatic amines is 1. The Hall–Kier alpha value is -3.49. The fourth-order valence-corrected chi connectivity index (χ4v) is 2.67. The zero-order valence-electron chi connectivity index (χ0n) is 21.0. The molecule has 1 aromatic heterocycles. The van der Waals surface area contributed by atoms with Gasteiger partial charge in [0.25, 0.3) is 0 Å². The Morgan fingerprint density at radius 3 is 2.36 bits per heavy atom. The highest BCUT2D eigenvalue weighted by Gasteiger charge is 2.23. The predicted molar refractivity (Wildman–Crippen MR) is 134 cm³/mol. The van der Waals surface area contributed by atoms with E-state index in [4.69, 9.17) is 14.9 Å². The average Bonchev–Trinajstić information content (AvgIpc) is 3.08. The van der Waals surface area contributed by atoms with Gasteiger partial charge in [-0.1, -0.05) is 33.3 Å². The summed E-state index contributed by atoms with van der Waals surface area (Å²) in [6.45, 7) is 14.9. The third kappa shape index (κ3) is 7.27. The Morgan fingerprint density at radius 2 is 1.91 bits per heavy atom. The summed E-state index contributed by atoms with van der Waals surface area (Å²) in [5.74, 6) is 0.751. The maximum Gasteiger partial charge on any atom is 0.414 e. The van der Waals surface area contributed by atoms with Gasteiger partial charge >= 0.3 is 11.8 Å². The van der Waals surface area contributed by atoms with Crippen LogP contribution in [0, 0.1) is 5.41 Å². The van der Waals surface area contributed by atoms with E-state index in [-0.39, 0.29) is 5.71 Å². The average molecular weight is 460 g/mol. The summed E-state index contributed by atoms with van der Waals surface area (Å²) in [7, 11) is 3.06. The second-order valence-corrected chi connectivity index (χ2v) is 8.36. The number of carbonyl (C=O) groups excluding carboxylic acids is 1. The van der Waals surface area contributed by atoms with Gasteiger partial charge in [0.05, 0.1) is 18.5 Å². The molecule has 9 nitrogen and oxygen atoms in total. The topological polar surface area (TPSA) is 112 Å². The first-order valence-electron chi connectivity index (χ1n) is 10.8. The van der Waals surface area contributed by atoms with E-state index in [0.29, 0.717) is 28.6 Å². The molecule has 0 bridgehead atoms. The van der Waals surface area contributed by atoms with Gasteiger partial charge < -0.3 is 25.2 Å². The van der Waals surface area contributed by atoms with Crippen LogP contribution in [0.3, 0.4) is 0 Å². The number of methoxy groups -OCH3 is 1. The van der Waals surface area contributed by atoms with Crippen molar-refractivity contribution in [1.29, 1.82) is 5.41 Å². The van der Waals surface area contributed by atoms with Crippen LogP contribution in [0.2, 0.25) is 0 Å². The number of aromatic nitrogens is 2. The summed E-state index contributed by atoms with van der Waals surface area (Å²) in [4.78, 5) is 29.1. The van der Waals surface area contributed by atoms with E-state index < -0.39 is 17.4 Å². The lowest BCUT2D eigenvalue weighted by molar-refractivity contribution is 0.0589. The summed E-state index contributed by atoms with van der Waals surface area (Å²) in [6.07, 6.45) is 3.52. The highest BCUT2D eigenvalue weighted by atomic mass is 16.6. The maximum absolute atomic E-state index is 12.7. The van der Waals surface area contributed by atoms with Crippen molar-refractivity contribution < 1.29 is 14.3 Å². The second kappa shape index (κ2) is 11.9. The molecular formula is C24H37N5O4. The molecule has 0 spiro atoms. The van der Waals surface area contributed by atoms with Crippen molar-refractivity contribution >= 4 is 23.3 Å². The van der Waals surface area contributed by atoms with E-state index in [2.05, 4.69) is 30.7 Å². The van der Waals surface area contributed by atoms with Crippen LogP contribution in [0.1, 0.15) is 60.1 Å². The van der Waals surface area contributed by atoms with Crippen LogP contribution < -0.4 is 20.6 Å². The molecule has 1 aromatic carbocycles. The van der Waals surface area contributed by atoms with Gasteiger partial charge in [-0.15, -0.1) is 0 Å². The molecule has 1 amide bonds. The molecule has 0 radical (unpaired) electrons. The van der Waals surface area contributed by atoms with Crippen LogP contribution in [0.5, 0.6) is 5.75 Å². The standard InChI is InChI=1S/C20H27N5O4.C4H10/c1-8-22-17-16(12(2)21)23-18(26)25(17)14-11-13(9-10-15(14)28-7)24(6)19(27)29-20(3,4)5;1-3-4-2/h8-11,21-22H,1H2,2-7H3,(H,23,26);3-4H2,1-2H3. The van der Waals surface area contributed by atoms with Crippen molar-refractivity contribution in [3.63, 3.8) is 0 Å². The summed E-state index contributed by atoms with van der Waals surface area (Å²) >= 11 is 0. The molecule has 0 saturated heterocycles. The van der Waals surface area contributed by atoms with Gasteiger partial charge in [-0.05, 0) is 52.1 Å². The molecule has 0 aliphatic rings. The lowest BCUT2D eigenvalue weighted by Gasteiger charge is -2.25. The van der Waals surface area contributed by atoms with Crippen LogP contribution in [0.25, 0.3) is 5.69 Å². The fourth-order valence-electron chi connectivity index (χ4n) is 2.67. The Kier molecular flexibility index (Phi) is 9.97. The molecule has 2 aromatic rings. The number of ether oxygens (including phenoxy) is 2. The van der Waals surface area contributed by atoms with E-state index in [1.165, 1.54) is 35.6 Å². The molecule has 3 N–H and O–H groups in total. The maximum atomic E-state index is 12.7. The predicted octanol–water partition coefficient (Wildman–Crippen LogP) is 5.30. The number of H-pyrrole nitrogens is 1. The largest absolute Gasteiger partial charge is 0.495 e. The van der Waals surface area contributed by atoms with Crippen LogP contribution >= 0.6 is 0 Å². The number of nitrogens with zero attached hydrogens (tertiary/aromatic N) is 2. The zero-order valence-corrected chi connectivity index (χ0v) is 21.0. The quantitative estimate of drug-likeness (QED) is 0.487. The van der Waals surface area contributed by atoms with Crippen molar-refractivity contribution in [3.05, 3.63) is 47.2 Å². The van der Waals surface area contributed by atoms with Crippen molar-refractivity contribution in [1.82, 2.24) is 9.55 Å². The Balaban J connectivity index is 0.00000125. The molecule has 1 heterocycles. The van der Waals surface area contributed by atoms with Crippen LogP contribution in [0.4, 0.5) is 16.3 Å². The minimum Gasteiger partial charge on any atom is -0.495 e. The lowest BCUT2D eigenvalue weighted by Crippen LogP contribution is -2.34. The lowest BCUT2D eigenvalue weighted by atomic mass is 10.2. The molecule has 0 aliphatic carbocycles. The van der Waals surface area contributed by atoms with E-state index in [1.807, 2.05) is 0 Å².